The molecule has 0 atom stereocenters. The van der Waals surface area contributed by atoms with Gasteiger partial charge in [0.2, 0.25) is 0 Å². The van der Waals surface area contributed by atoms with Gasteiger partial charge in [-0.2, -0.15) is 0 Å². The lowest BCUT2D eigenvalue weighted by Crippen LogP contribution is -1.96. The Morgan fingerprint density at radius 1 is 1.05 bits per heavy atom. The van der Waals surface area contributed by atoms with E-state index >= 15 is 0 Å². The molecule has 0 aliphatic carbocycles. The average Bonchev–Trinajstić information content (AvgIpc) is 2.43. The number of para-hydroxylation sites is 2. The molecule has 0 aliphatic rings. The maximum atomic E-state index is 9.32. The number of aliphatic hydroxyl groups is 1. The van der Waals surface area contributed by atoms with Gasteiger partial charge in [-0.15, -0.1) is 0 Å². The van der Waals surface area contributed by atoms with Crippen molar-refractivity contribution in [1.82, 2.24) is 0 Å². The second kappa shape index (κ2) is 6.45. The summed E-state index contributed by atoms with van der Waals surface area (Å²) in [4.78, 5) is 0. The van der Waals surface area contributed by atoms with Crippen LogP contribution in [0.3, 0.4) is 0 Å². The highest BCUT2D eigenvalue weighted by molar-refractivity contribution is 6.30. The minimum absolute atomic E-state index is 0.132. The lowest BCUT2D eigenvalue weighted by molar-refractivity contribution is 0.274. The van der Waals surface area contributed by atoms with Crippen LogP contribution in [-0.4, -0.2) is 11.7 Å². The number of benzene rings is 2. The molecule has 0 spiro atoms. The van der Waals surface area contributed by atoms with Crippen LogP contribution in [0.25, 0.3) is 0 Å². The topological polar surface area (TPSA) is 38.7 Å². The minimum Gasteiger partial charge on any atom is -0.490 e. The molecule has 19 heavy (non-hydrogen) atoms. The zero-order valence-electron chi connectivity index (χ0n) is 10.6. The third-order valence-corrected chi connectivity index (χ3v) is 2.80. The molecule has 2 rings (SSSR count). The highest BCUT2D eigenvalue weighted by Crippen LogP contribution is 2.33. The smallest absolute Gasteiger partial charge is 0.169 e. The Balaban J connectivity index is 2.30. The fourth-order valence-electron chi connectivity index (χ4n) is 1.70. The molecule has 2 aromatic carbocycles. The van der Waals surface area contributed by atoms with Crippen molar-refractivity contribution in [3.8, 4) is 17.2 Å². The summed E-state index contributed by atoms with van der Waals surface area (Å²) in [5.41, 5.74) is 0.638. The van der Waals surface area contributed by atoms with Crippen LogP contribution in [0.5, 0.6) is 17.2 Å². The summed E-state index contributed by atoms with van der Waals surface area (Å²) < 4.78 is 11.3. The van der Waals surface area contributed by atoms with Crippen molar-refractivity contribution >= 4 is 11.6 Å². The van der Waals surface area contributed by atoms with E-state index in [0.29, 0.717) is 34.4 Å². The van der Waals surface area contributed by atoms with E-state index in [1.807, 2.05) is 31.2 Å². The highest BCUT2D eigenvalue weighted by atomic mass is 35.5. The van der Waals surface area contributed by atoms with Gasteiger partial charge in [0.15, 0.2) is 11.5 Å². The first-order valence-corrected chi connectivity index (χ1v) is 6.41. The summed E-state index contributed by atoms with van der Waals surface area (Å²) in [6.07, 6.45) is 0. The summed E-state index contributed by atoms with van der Waals surface area (Å²) in [6.45, 7) is 2.35. The summed E-state index contributed by atoms with van der Waals surface area (Å²) >= 11 is 5.89. The molecular weight excluding hydrogens is 264 g/mol. The van der Waals surface area contributed by atoms with E-state index in [0.717, 1.165) is 0 Å². The predicted molar refractivity (Wildman–Crippen MR) is 75.1 cm³/mol. The van der Waals surface area contributed by atoms with Gasteiger partial charge in [0, 0.05) is 10.6 Å². The van der Waals surface area contributed by atoms with Crippen LogP contribution < -0.4 is 9.47 Å². The number of ether oxygens (including phenoxy) is 2. The molecule has 0 amide bonds. The Labute approximate surface area is 117 Å². The Morgan fingerprint density at radius 3 is 2.47 bits per heavy atom. The first-order valence-electron chi connectivity index (χ1n) is 6.03. The largest absolute Gasteiger partial charge is 0.490 e. The van der Waals surface area contributed by atoms with Crippen LogP contribution in [0.4, 0.5) is 0 Å². The normalized spacial score (nSPS) is 10.3. The SMILES string of the molecule is CCOc1ccccc1Oc1ccc(Cl)cc1CO. The molecule has 0 aromatic heterocycles. The summed E-state index contributed by atoms with van der Waals surface area (Å²) in [5.74, 6) is 1.85. The van der Waals surface area contributed by atoms with Crippen LogP contribution in [-0.2, 0) is 6.61 Å². The molecule has 3 nitrogen and oxygen atoms in total. The molecule has 100 valence electrons. The van der Waals surface area contributed by atoms with Crippen LogP contribution >= 0.6 is 11.6 Å². The first kappa shape index (κ1) is 13.7. The molecule has 0 aliphatic heterocycles. The van der Waals surface area contributed by atoms with Crippen molar-refractivity contribution in [2.75, 3.05) is 6.61 Å². The zero-order valence-corrected chi connectivity index (χ0v) is 11.4. The van der Waals surface area contributed by atoms with E-state index in [9.17, 15) is 5.11 Å². The third-order valence-electron chi connectivity index (χ3n) is 2.56. The van der Waals surface area contributed by atoms with E-state index in [1.165, 1.54) is 0 Å². The Hall–Kier alpha value is -1.71. The molecule has 0 bridgehead atoms. The molecule has 0 fully saturated rings. The molecule has 0 radical (unpaired) electrons. The van der Waals surface area contributed by atoms with Crippen molar-refractivity contribution in [2.45, 2.75) is 13.5 Å². The molecular formula is C15H15ClO3. The predicted octanol–water partition coefficient (Wildman–Crippen LogP) is 4.02. The van der Waals surface area contributed by atoms with Crippen molar-refractivity contribution in [1.29, 1.82) is 0 Å². The molecule has 0 saturated heterocycles. The fraction of sp³-hybridized carbons (Fsp3) is 0.200. The number of rotatable bonds is 5. The van der Waals surface area contributed by atoms with E-state index in [-0.39, 0.29) is 6.61 Å². The van der Waals surface area contributed by atoms with Crippen molar-refractivity contribution in [2.24, 2.45) is 0 Å². The first-order chi connectivity index (χ1) is 9.24. The van der Waals surface area contributed by atoms with Gasteiger partial charge in [-0.3, -0.25) is 0 Å². The quantitative estimate of drug-likeness (QED) is 0.898. The van der Waals surface area contributed by atoms with Gasteiger partial charge in [0.1, 0.15) is 5.75 Å². The summed E-state index contributed by atoms with van der Waals surface area (Å²) in [5, 5.41) is 9.89. The molecule has 0 unspecified atom stereocenters. The van der Waals surface area contributed by atoms with Crippen LogP contribution in [0, 0.1) is 0 Å². The standard InChI is InChI=1S/C15H15ClO3/c1-2-18-14-5-3-4-6-15(14)19-13-8-7-12(16)9-11(13)10-17/h3-9,17H,2,10H2,1H3. The Kier molecular flexibility index (Phi) is 4.66. The van der Waals surface area contributed by atoms with Crippen molar-refractivity contribution in [3.63, 3.8) is 0 Å². The maximum Gasteiger partial charge on any atom is 0.169 e. The number of halogens is 1. The monoisotopic (exact) mass is 278 g/mol. The highest BCUT2D eigenvalue weighted by Gasteiger charge is 2.09. The van der Waals surface area contributed by atoms with Gasteiger partial charge < -0.3 is 14.6 Å². The van der Waals surface area contributed by atoms with Gasteiger partial charge in [-0.05, 0) is 37.3 Å². The molecule has 0 saturated carbocycles. The van der Waals surface area contributed by atoms with E-state index < -0.39 is 0 Å². The van der Waals surface area contributed by atoms with E-state index in [4.69, 9.17) is 21.1 Å². The second-order valence-electron chi connectivity index (χ2n) is 3.89. The third kappa shape index (κ3) is 3.40. The van der Waals surface area contributed by atoms with Gasteiger partial charge in [-0.25, -0.2) is 0 Å². The van der Waals surface area contributed by atoms with E-state index in [1.54, 1.807) is 18.2 Å². The van der Waals surface area contributed by atoms with Gasteiger partial charge in [0.05, 0.1) is 13.2 Å². The molecule has 0 heterocycles. The number of aliphatic hydroxyl groups excluding tert-OH is 1. The summed E-state index contributed by atoms with van der Waals surface area (Å²) in [7, 11) is 0. The van der Waals surface area contributed by atoms with E-state index in [2.05, 4.69) is 0 Å². The molecule has 4 heteroatoms. The number of hydrogen-bond acceptors (Lipinski definition) is 3. The lowest BCUT2D eigenvalue weighted by Gasteiger charge is -2.13. The average molecular weight is 279 g/mol. The van der Waals surface area contributed by atoms with Crippen molar-refractivity contribution in [3.05, 3.63) is 53.1 Å². The van der Waals surface area contributed by atoms with Crippen molar-refractivity contribution < 1.29 is 14.6 Å². The molecule has 1 N–H and O–H groups in total. The van der Waals surface area contributed by atoms with Gasteiger partial charge >= 0.3 is 0 Å². The van der Waals surface area contributed by atoms with Crippen LogP contribution in [0.2, 0.25) is 5.02 Å². The molecule has 2 aromatic rings. The zero-order chi connectivity index (χ0) is 13.7. The second-order valence-corrected chi connectivity index (χ2v) is 4.33. The minimum atomic E-state index is -0.132. The van der Waals surface area contributed by atoms with Crippen LogP contribution in [0.1, 0.15) is 12.5 Å². The van der Waals surface area contributed by atoms with Gasteiger partial charge in [0.25, 0.3) is 0 Å². The Bertz CT molecular complexity index is 555. The van der Waals surface area contributed by atoms with Gasteiger partial charge in [-0.1, -0.05) is 23.7 Å². The van der Waals surface area contributed by atoms with Crippen LogP contribution in [0.15, 0.2) is 42.5 Å². The maximum absolute atomic E-state index is 9.32. The lowest BCUT2D eigenvalue weighted by atomic mass is 10.2. The fourth-order valence-corrected chi connectivity index (χ4v) is 1.89. The number of hydrogen-bond donors (Lipinski definition) is 1. The Morgan fingerprint density at radius 2 is 1.79 bits per heavy atom. The summed E-state index contributed by atoms with van der Waals surface area (Å²) in [6, 6.07) is 12.5.